The van der Waals surface area contributed by atoms with Gasteiger partial charge in [0.05, 0.1) is 0 Å². The molecule has 0 radical (unpaired) electrons. The number of sulfonamides is 1. The summed E-state index contributed by atoms with van der Waals surface area (Å²) < 4.78 is 39.3. The summed E-state index contributed by atoms with van der Waals surface area (Å²) in [6.45, 7) is 4.06. The van der Waals surface area contributed by atoms with Crippen molar-refractivity contribution in [2.75, 3.05) is 13.6 Å². The number of rotatable bonds is 7. The van der Waals surface area contributed by atoms with Gasteiger partial charge in [-0.15, -0.1) is 6.58 Å². The van der Waals surface area contributed by atoms with Gasteiger partial charge < -0.3 is 5.73 Å². The fourth-order valence-corrected chi connectivity index (χ4v) is 2.94. The molecule has 2 N–H and O–H groups in total. The summed E-state index contributed by atoms with van der Waals surface area (Å²) in [5.74, 6) is -0.757. The molecule has 6 heteroatoms. The highest BCUT2D eigenvalue weighted by Crippen LogP contribution is 2.20. The molecule has 0 aliphatic rings. The fourth-order valence-electron chi connectivity index (χ4n) is 1.62. The van der Waals surface area contributed by atoms with Gasteiger partial charge in [-0.1, -0.05) is 12.1 Å². The van der Waals surface area contributed by atoms with Crippen molar-refractivity contribution in [3.05, 3.63) is 42.2 Å². The molecule has 1 aromatic carbocycles. The van der Waals surface area contributed by atoms with Crippen LogP contribution >= 0.6 is 0 Å². The van der Waals surface area contributed by atoms with Crippen LogP contribution in [0.5, 0.6) is 0 Å². The Hall–Kier alpha value is -1.24. The van der Waals surface area contributed by atoms with Crippen LogP contribution in [0.15, 0.2) is 35.7 Å². The van der Waals surface area contributed by atoms with E-state index >= 15 is 0 Å². The first-order valence-corrected chi connectivity index (χ1v) is 7.43. The highest BCUT2D eigenvalue weighted by molar-refractivity contribution is 7.89. The van der Waals surface area contributed by atoms with E-state index in [0.29, 0.717) is 24.9 Å². The second kappa shape index (κ2) is 6.79. The lowest BCUT2D eigenvalue weighted by molar-refractivity contribution is 0.456. The average molecular weight is 286 g/mol. The van der Waals surface area contributed by atoms with Crippen molar-refractivity contribution in [1.82, 2.24) is 4.31 Å². The van der Waals surface area contributed by atoms with Crippen LogP contribution in [0.2, 0.25) is 0 Å². The monoisotopic (exact) mass is 286 g/mol. The van der Waals surface area contributed by atoms with Crippen molar-refractivity contribution < 1.29 is 12.8 Å². The molecule has 0 heterocycles. The summed E-state index contributed by atoms with van der Waals surface area (Å²) in [5, 5.41) is 0. The molecule has 0 unspecified atom stereocenters. The number of hydrogen-bond acceptors (Lipinski definition) is 3. The molecule has 1 rings (SSSR count). The van der Waals surface area contributed by atoms with Gasteiger partial charge in [-0.25, -0.2) is 17.1 Å². The molecule has 0 bridgehead atoms. The zero-order valence-corrected chi connectivity index (χ0v) is 11.8. The van der Waals surface area contributed by atoms with Gasteiger partial charge in [0.15, 0.2) is 0 Å². The van der Waals surface area contributed by atoms with Gasteiger partial charge in [0.2, 0.25) is 10.0 Å². The van der Waals surface area contributed by atoms with Crippen LogP contribution in [0, 0.1) is 5.82 Å². The topological polar surface area (TPSA) is 63.4 Å². The Balaban J connectivity index is 3.01. The second-order valence-corrected chi connectivity index (χ2v) is 6.24. The Morgan fingerprint density at radius 3 is 2.74 bits per heavy atom. The van der Waals surface area contributed by atoms with Crippen LogP contribution in [-0.4, -0.2) is 26.3 Å². The maximum absolute atomic E-state index is 13.7. The van der Waals surface area contributed by atoms with Crippen molar-refractivity contribution >= 4 is 10.0 Å². The molecule has 106 valence electrons. The lowest BCUT2D eigenvalue weighted by atomic mass is 10.2. The van der Waals surface area contributed by atoms with E-state index in [4.69, 9.17) is 5.73 Å². The van der Waals surface area contributed by atoms with Crippen molar-refractivity contribution in [2.24, 2.45) is 5.73 Å². The Labute approximate surface area is 113 Å². The maximum atomic E-state index is 13.7. The summed E-state index contributed by atoms with van der Waals surface area (Å²) in [4.78, 5) is -0.323. The summed E-state index contributed by atoms with van der Waals surface area (Å²) in [6, 6.07) is 3.90. The molecule has 0 saturated carbocycles. The summed E-state index contributed by atoms with van der Waals surface area (Å²) in [5.41, 5.74) is 6.03. The zero-order valence-electron chi connectivity index (χ0n) is 11.0. The Morgan fingerprint density at radius 1 is 1.47 bits per heavy atom. The van der Waals surface area contributed by atoms with E-state index in [0.717, 1.165) is 10.4 Å². The minimum atomic E-state index is -3.81. The van der Waals surface area contributed by atoms with E-state index in [1.807, 2.05) is 0 Å². The number of unbranched alkanes of at least 4 members (excludes halogenated alkanes) is 1. The van der Waals surface area contributed by atoms with E-state index in [9.17, 15) is 12.8 Å². The van der Waals surface area contributed by atoms with Gasteiger partial charge >= 0.3 is 0 Å². The van der Waals surface area contributed by atoms with E-state index in [2.05, 4.69) is 6.58 Å². The Bertz CT molecular complexity index is 544. The zero-order chi connectivity index (χ0) is 14.5. The molecule has 0 aliphatic heterocycles. The first kappa shape index (κ1) is 15.8. The quantitative estimate of drug-likeness (QED) is 0.615. The second-order valence-electron chi connectivity index (χ2n) is 4.23. The third-order valence-corrected chi connectivity index (χ3v) is 4.67. The highest BCUT2D eigenvalue weighted by Gasteiger charge is 2.24. The number of nitrogens with zero attached hydrogens (tertiary/aromatic N) is 1. The van der Waals surface area contributed by atoms with E-state index in [1.54, 1.807) is 6.08 Å². The van der Waals surface area contributed by atoms with Crippen LogP contribution in [0.25, 0.3) is 0 Å². The van der Waals surface area contributed by atoms with Gasteiger partial charge in [-0.2, -0.15) is 0 Å². The molecule has 0 atom stereocenters. The molecule has 1 aromatic rings. The lowest BCUT2D eigenvalue weighted by Crippen LogP contribution is -2.28. The summed E-state index contributed by atoms with van der Waals surface area (Å²) in [6.07, 6.45) is 3.08. The third-order valence-electron chi connectivity index (χ3n) is 2.80. The summed E-state index contributed by atoms with van der Waals surface area (Å²) >= 11 is 0. The molecule has 0 aliphatic carbocycles. The average Bonchev–Trinajstić information content (AvgIpc) is 2.39. The van der Waals surface area contributed by atoms with Crippen molar-refractivity contribution in [1.29, 1.82) is 0 Å². The van der Waals surface area contributed by atoms with Crippen molar-refractivity contribution in [3.63, 3.8) is 0 Å². The fraction of sp³-hybridized carbons (Fsp3) is 0.385. The van der Waals surface area contributed by atoms with E-state index < -0.39 is 15.8 Å². The van der Waals surface area contributed by atoms with Gasteiger partial charge in [0.25, 0.3) is 0 Å². The van der Waals surface area contributed by atoms with Crippen LogP contribution in [0.3, 0.4) is 0 Å². The molecular weight excluding hydrogens is 267 g/mol. The highest BCUT2D eigenvalue weighted by atomic mass is 32.2. The summed E-state index contributed by atoms with van der Waals surface area (Å²) in [7, 11) is -2.38. The van der Waals surface area contributed by atoms with Crippen LogP contribution in [0.1, 0.15) is 18.4 Å². The normalized spacial score (nSPS) is 11.8. The van der Waals surface area contributed by atoms with Crippen molar-refractivity contribution in [2.45, 2.75) is 24.3 Å². The Kier molecular flexibility index (Phi) is 5.65. The predicted molar refractivity (Wildman–Crippen MR) is 73.5 cm³/mol. The van der Waals surface area contributed by atoms with Gasteiger partial charge in [-0.05, 0) is 30.5 Å². The third kappa shape index (κ3) is 3.86. The van der Waals surface area contributed by atoms with Crippen molar-refractivity contribution in [3.8, 4) is 0 Å². The number of allylic oxidation sites excluding steroid dienone is 1. The lowest BCUT2D eigenvalue weighted by Gasteiger charge is -2.17. The van der Waals surface area contributed by atoms with Gasteiger partial charge in [0.1, 0.15) is 10.7 Å². The van der Waals surface area contributed by atoms with Crippen LogP contribution < -0.4 is 5.73 Å². The molecular formula is C13H19FN2O2S. The van der Waals surface area contributed by atoms with Gasteiger partial charge in [-0.3, -0.25) is 0 Å². The van der Waals surface area contributed by atoms with E-state index in [-0.39, 0.29) is 11.4 Å². The molecule has 0 spiro atoms. The molecule has 0 amide bonds. The number of benzene rings is 1. The smallest absolute Gasteiger partial charge is 0.245 e. The SMILES string of the molecule is C=CCCCN(C)S(=O)(=O)c1cc(CN)ccc1F. The first-order chi connectivity index (χ1) is 8.93. The standard InChI is InChI=1S/C13H19FN2O2S/c1-3-4-5-8-16(2)19(17,18)13-9-11(10-15)6-7-12(13)14/h3,6-7,9H,1,4-5,8,10,15H2,2H3. The molecule has 0 fully saturated rings. The molecule has 4 nitrogen and oxygen atoms in total. The molecule has 0 saturated heterocycles. The van der Waals surface area contributed by atoms with Crippen LogP contribution in [-0.2, 0) is 16.6 Å². The largest absolute Gasteiger partial charge is 0.326 e. The van der Waals surface area contributed by atoms with E-state index in [1.165, 1.54) is 19.2 Å². The maximum Gasteiger partial charge on any atom is 0.245 e. The predicted octanol–water partition coefficient (Wildman–Crippen LogP) is 1.87. The minimum absolute atomic E-state index is 0.170. The number of nitrogens with two attached hydrogens (primary N) is 1. The Morgan fingerprint density at radius 2 is 2.16 bits per heavy atom. The number of halogens is 1. The van der Waals surface area contributed by atoms with Crippen LogP contribution in [0.4, 0.5) is 4.39 Å². The first-order valence-electron chi connectivity index (χ1n) is 5.99. The molecule has 19 heavy (non-hydrogen) atoms. The molecule has 0 aromatic heterocycles. The number of hydrogen-bond donors (Lipinski definition) is 1. The minimum Gasteiger partial charge on any atom is -0.326 e. The van der Waals surface area contributed by atoms with Gasteiger partial charge in [0, 0.05) is 20.1 Å².